The van der Waals surface area contributed by atoms with E-state index in [-0.39, 0.29) is 21.1 Å². The summed E-state index contributed by atoms with van der Waals surface area (Å²) in [7, 11) is 0. The summed E-state index contributed by atoms with van der Waals surface area (Å²) in [4.78, 5) is 0. The SMILES string of the molecule is C/C(Cl)=N/N=[C-]Cl.[W]. The third kappa shape index (κ3) is 9.79. The van der Waals surface area contributed by atoms with Crippen molar-refractivity contribution in [2.45, 2.75) is 6.92 Å². The molecule has 8 heavy (non-hydrogen) atoms. The normalized spacial score (nSPS) is 11.6. The summed E-state index contributed by atoms with van der Waals surface area (Å²) in [6.45, 7) is 1.60. The molecule has 0 aromatic rings. The summed E-state index contributed by atoms with van der Waals surface area (Å²) >= 11 is 10.1. The van der Waals surface area contributed by atoms with Gasteiger partial charge in [-0.2, -0.15) is 5.10 Å². The van der Waals surface area contributed by atoms with E-state index >= 15 is 0 Å². The molecule has 0 aromatic heterocycles. The molecule has 0 unspecified atom stereocenters. The second-order valence-corrected chi connectivity index (χ2v) is 1.50. The van der Waals surface area contributed by atoms with Crippen LogP contribution in [0.1, 0.15) is 6.92 Å². The van der Waals surface area contributed by atoms with E-state index in [4.69, 9.17) is 23.2 Å². The number of hydrogen-bond acceptors (Lipinski definition) is 2. The minimum atomic E-state index is 0. The zero-order chi connectivity index (χ0) is 5.70. The van der Waals surface area contributed by atoms with Crippen molar-refractivity contribution in [2.75, 3.05) is 0 Å². The monoisotopic (exact) mass is 321 g/mol. The smallest absolute Gasteiger partial charge is 0.122 e. The fraction of sp³-hybridized carbons (Fsp3) is 0.333. The molecule has 0 aliphatic rings. The van der Waals surface area contributed by atoms with Crippen molar-refractivity contribution in [3.63, 3.8) is 0 Å². The third-order valence-corrected chi connectivity index (χ3v) is 0.377. The standard InChI is InChI=1S/C3H3Cl2N2.W/c1-3(5)7-6-2-4;/h1H3;/q-1;/b7-3-;. The van der Waals surface area contributed by atoms with Crippen molar-refractivity contribution in [3.8, 4) is 0 Å². The van der Waals surface area contributed by atoms with Crippen molar-refractivity contribution in [1.82, 2.24) is 0 Å². The second-order valence-electron chi connectivity index (χ2n) is 0.782. The molecule has 0 rings (SSSR count). The number of nitrogens with zero attached hydrogens (tertiary/aromatic N) is 2. The van der Waals surface area contributed by atoms with E-state index in [1.165, 1.54) is 0 Å². The Morgan fingerprint density at radius 1 is 1.62 bits per heavy atom. The van der Waals surface area contributed by atoms with Crippen molar-refractivity contribution in [2.24, 2.45) is 10.2 Å². The van der Waals surface area contributed by atoms with Crippen LogP contribution in [0.4, 0.5) is 0 Å². The summed E-state index contributed by atoms with van der Waals surface area (Å²) < 4.78 is 0. The summed E-state index contributed by atoms with van der Waals surface area (Å²) in [5.74, 6) is 0. The van der Waals surface area contributed by atoms with Gasteiger partial charge in [0.05, 0.1) is 0 Å². The van der Waals surface area contributed by atoms with Gasteiger partial charge in [0.15, 0.2) is 0 Å². The molecule has 0 bridgehead atoms. The number of rotatable bonds is 1. The fourth-order valence-electron chi connectivity index (χ4n) is 0.0878. The molecule has 0 saturated carbocycles. The third-order valence-electron chi connectivity index (χ3n) is 0.226. The van der Waals surface area contributed by atoms with Gasteiger partial charge in [0.1, 0.15) is 5.17 Å². The molecule has 46 valence electrons. The van der Waals surface area contributed by atoms with Gasteiger partial charge in [-0.25, -0.2) is 0 Å². The quantitative estimate of drug-likeness (QED) is 0.399. The minimum absolute atomic E-state index is 0. The van der Waals surface area contributed by atoms with Crippen molar-refractivity contribution < 1.29 is 21.1 Å². The second kappa shape index (κ2) is 7.61. The van der Waals surface area contributed by atoms with Crippen molar-refractivity contribution >= 4 is 34.0 Å². The Kier molecular flexibility index (Phi) is 10.9. The summed E-state index contributed by atoms with van der Waals surface area (Å²) in [6, 6.07) is 0. The molecular weight excluding hydrogens is 319 g/mol. The predicted octanol–water partition coefficient (Wildman–Crippen LogP) is 1.70. The predicted molar refractivity (Wildman–Crippen MR) is 32.2 cm³/mol. The first-order chi connectivity index (χ1) is 3.27. The van der Waals surface area contributed by atoms with Crippen LogP contribution >= 0.6 is 23.2 Å². The Bertz CT molecular complexity index is 97.5. The maximum absolute atomic E-state index is 5.21. The topological polar surface area (TPSA) is 24.7 Å². The van der Waals surface area contributed by atoms with Gasteiger partial charge in [-0.3, -0.25) is 5.67 Å². The molecule has 0 amide bonds. The Morgan fingerprint density at radius 3 is 2.25 bits per heavy atom. The van der Waals surface area contributed by atoms with E-state index in [0.717, 1.165) is 0 Å². The van der Waals surface area contributed by atoms with Gasteiger partial charge in [0.25, 0.3) is 0 Å². The molecular formula is C3H3Cl2N2W-. The molecule has 0 aliphatic heterocycles. The van der Waals surface area contributed by atoms with E-state index < -0.39 is 0 Å². The molecule has 0 heterocycles. The minimum Gasteiger partial charge on any atom is -0.359 e. The van der Waals surface area contributed by atoms with Crippen molar-refractivity contribution in [1.29, 1.82) is 0 Å². The molecule has 0 fully saturated rings. The molecule has 0 spiro atoms. The number of hydrogen-bond donors (Lipinski definition) is 0. The largest absolute Gasteiger partial charge is 0.359 e. The summed E-state index contributed by atoms with van der Waals surface area (Å²) in [5.41, 5.74) is 1.92. The molecule has 0 N–H and O–H groups in total. The Morgan fingerprint density at radius 2 is 2.12 bits per heavy atom. The maximum Gasteiger partial charge on any atom is 0.122 e. The van der Waals surface area contributed by atoms with Gasteiger partial charge >= 0.3 is 0 Å². The molecule has 0 aromatic carbocycles. The van der Waals surface area contributed by atoms with Gasteiger partial charge in [0.2, 0.25) is 0 Å². The van der Waals surface area contributed by atoms with E-state index in [0.29, 0.717) is 5.17 Å². The van der Waals surface area contributed by atoms with Crippen LogP contribution in [0.2, 0.25) is 0 Å². The van der Waals surface area contributed by atoms with E-state index in [1.807, 2.05) is 5.67 Å². The summed E-state index contributed by atoms with van der Waals surface area (Å²) in [6.07, 6.45) is 0. The molecule has 0 saturated heterocycles. The maximum atomic E-state index is 5.21. The fourth-order valence-corrected chi connectivity index (χ4v) is 0.163. The molecule has 2 nitrogen and oxygen atoms in total. The van der Waals surface area contributed by atoms with Gasteiger partial charge in [-0.05, 0) is 6.92 Å². The van der Waals surface area contributed by atoms with Crippen LogP contribution in [0.25, 0.3) is 0 Å². The van der Waals surface area contributed by atoms with Crippen LogP contribution in [-0.4, -0.2) is 10.8 Å². The first-order valence-electron chi connectivity index (χ1n) is 1.53. The molecule has 0 aliphatic carbocycles. The zero-order valence-electron chi connectivity index (χ0n) is 4.06. The van der Waals surface area contributed by atoms with Gasteiger partial charge < -0.3 is 16.7 Å². The van der Waals surface area contributed by atoms with Gasteiger partial charge in [-0.15, -0.1) is 0 Å². The van der Waals surface area contributed by atoms with Gasteiger partial charge in [0, 0.05) is 21.1 Å². The first kappa shape index (κ1) is 11.4. The Balaban J connectivity index is 0. The molecule has 0 atom stereocenters. The van der Waals surface area contributed by atoms with Crippen LogP contribution in [0.5, 0.6) is 0 Å². The van der Waals surface area contributed by atoms with Gasteiger partial charge in [-0.1, -0.05) is 11.6 Å². The average molecular weight is 322 g/mol. The first-order valence-corrected chi connectivity index (χ1v) is 2.28. The summed E-state index contributed by atoms with van der Waals surface area (Å²) in [5, 5.41) is 6.79. The van der Waals surface area contributed by atoms with Crippen LogP contribution in [0, 0.1) is 0 Å². The van der Waals surface area contributed by atoms with Crippen LogP contribution < -0.4 is 0 Å². The van der Waals surface area contributed by atoms with Crippen LogP contribution in [-0.2, 0) is 21.1 Å². The van der Waals surface area contributed by atoms with Crippen LogP contribution in [0.15, 0.2) is 10.2 Å². The Hall–Kier alpha value is 0.608. The van der Waals surface area contributed by atoms with Crippen molar-refractivity contribution in [3.05, 3.63) is 0 Å². The van der Waals surface area contributed by atoms with E-state index in [1.54, 1.807) is 6.92 Å². The molecule has 5 heteroatoms. The zero-order valence-corrected chi connectivity index (χ0v) is 8.50. The van der Waals surface area contributed by atoms with E-state index in [2.05, 4.69) is 10.2 Å². The molecule has 0 radical (unpaired) electrons. The van der Waals surface area contributed by atoms with Crippen LogP contribution in [0.3, 0.4) is 0 Å². The number of halogens is 2. The van der Waals surface area contributed by atoms with E-state index in [9.17, 15) is 0 Å². The average Bonchev–Trinajstić information content (AvgIpc) is 1.61. The Labute approximate surface area is 72.2 Å².